The first kappa shape index (κ1) is 5.05. The van der Waals surface area contributed by atoms with E-state index in [1.807, 2.05) is 0 Å². The molecule has 0 radical (unpaired) electrons. The Morgan fingerprint density at radius 3 is 2.38 bits per heavy atom. The second-order valence-electron chi connectivity index (χ2n) is 1.53. The second-order valence-corrected chi connectivity index (χ2v) is 1.53. The van der Waals surface area contributed by atoms with Crippen LogP contribution in [-0.4, -0.2) is 10.9 Å². The zero-order valence-electron chi connectivity index (χ0n) is 4.29. The van der Waals surface area contributed by atoms with E-state index in [0.29, 0.717) is 5.70 Å². The fourth-order valence-corrected chi connectivity index (χ4v) is 0.470. The van der Waals surface area contributed by atoms with Gasteiger partial charge in [0.1, 0.15) is 0 Å². The van der Waals surface area contributed by atoms with E-state index >= 15 is 0 Å². The van der Waals surface area contributed by atoms with Gasteiger partial charge in [-0.25, -0.2) is 10.9 Å². The topological polar surface area (TPSA) is 46.3 Å². The van der Waals surface area contributed by atoms with E-state index in [-0.39, 0.29) is 5.91 Å². The highest BCUT2D eigenvalue weighted by atomic mass is 16.2. The molecule has 1 aliphatic rings. The number of carbonyl (C=O) groups excluding carboxylic acids is 1. The Bertz CT molecular complexity index is 153. The maximum atomic E-state index is 10.4. The molecular weight excluding hydrogens is 104 g/mol. The second kappa shape index (κ2) is 1.45. The molecule has 0 fully saturated rings. The molecule has 0 aromatic carbocycles. The molecule has 0 aromatic rings. The molecule has 0 bridgehead atoms. The maximum Gasteiger partial charge on any atom is 0.265 e. The first-order valence-electron chi connectivity index (χ1n) is 2.17. The fourth-order valence-electron chi connectivity index (χ4n) is 0.470. The molecule has 0 saturated carbocycles. The largest absolute Gasteiger partial charge is 0.268 e. The van der Waals surface area contributed by atoms with Crippen LogP contribution in [0.4, 0.5) is 0 Å². The highest BCUT2D eigenvalue weighted by Gasteiger charge is 2.12. The number of carbonyl (C=O) groups is 1. The SMILES string of the molecule is C=C1C=CC(=O)N1N. The average molecular weight is 110 g/mol. The summed E-state index contributed by atoms with van der Waals surface area (Å²) in [7, 11) is 0. The molecule has 0 unspecified atom stereocenters. The van der Waals surface area contributed by atoms with Gasteiger partial charge in [-0.1, -0.05) is 6.58 Å². The third-order valence-electron chi connectivity index (χ3n) is 0.965. The van der Waals surface area contributed by atoms with Crippen molar-refractivity contribution in [1.29, 1.82) is 0 Å². The van der Waals surface area contributed by atoms with Crippen LogP contribution in [0.2, 0.25) is 0 Å². The number of allylic oxidation sites excluding steroid dienone is 1. The molecule has 2 N–H and O–H groups in total. The van der Waals surface area contributed by atoms with Gasteiger partial charge in [-0.3, -0.25) is 4.79 Å². The predicted octanol–water partition coefficient (Wildman–Crippen LogP) is -0.228. The molecule has 8 heavy (non-hydrogen) atoms. The zero-order chi connectivity index (χ0) is 6.15. The lowest BCUT2D eigenvalue weighted by molar-refractivity contribution is -0.123. The average Bonchev–Trinajstić information content (AvgIpc) is 1.98. The molecule has 1 amide bonds. The van der Waals surface area contributed by atoms with Crippen molar-refractivity contribution in [2.45, 2.75) is 0 Å². The molecule has 0 aliphatic carbocycles. The van der Waals surface area contributed by atoms with E-state index in [4.69, 9.17) is 5.84 Å². The quantitative estimate of drug-likeness (QED) is 0.346. The first-order chi connectivity index (χ1) is 3.72. The van der Waals surface area contributed by atoms with Crippen molar-refractivity contribution in [3.63, 3.8) is 0 Å². The predicted molar refractivity (Wildman–Crippen MR) is 29.3 cm³/mol. The maximum absolute atomic E-state index is 10.4. The molecule has 0 spiro atoms. The van der Waals surface area contributed by atoms with Gasteiger partial charge in [0.05, 0.1) is 5.70 Å². The van der Waals surface area contributed by atoms with Crippen LogP contribution in [0.5, 0.6) is 0 Å². The summed E-state index contributed by atoms with van der Waals surface area (Å²) in [5, 5.41) is 1.00. The molecule has 0 atom stereocenters. The van der Waals surface area contributed by atoms with Crippen molar-refractivity contribution >= 4 is 5.91 Å². The number of hydrogen-bond donors (Lipinski definition) is 1. The Labute approximate surface area is 47.0 Å². The minimum atomic E-state index is -0.213. The van der Waals surface area contributed by atoms with Crippen molar-refractivity contribution in [3.8, 4) is 0 Å². The van der Waals surface area contributed by atoms with E-state index in [0.717, 1.165) is 5.01 Å². The third kappa shape index (κ3) is 0.529. The number of nitrogens with zero attached hydrogens (tertiary/aromatic N) is 1. The van der Waals surface area contributed by atoms with Gasteiger partial charge >= 0.3 is 0 Å². The lowest BCUT2D eigenvalue weighted by Gasteiger charge is -2.06. The minimum Gasteiger partial charge on any atom is -0.268 e. The van der Waals surface area contributed by atoms with Crippen LogP contribution in [-0.2, 0) is 4.79 Å². The Morgan fingerprint density at radius 2 is 2.25 bits per heavy atom. The zero-order valence-corrected chi connectivity index (χ0v) is 4.29. The molecule has 42 valence electrons. The summed E-state index contributed by atoms with van der Waals surface area (Å²) in [4.78, 5) is 10.4. The summed E-state index contributed by atoms with van der Waals surface area (Å²) in [5.74, 6) is 4.93. The summed E-state index contributed by atoms with van der Waals surface area (Å²) >= 11 is 0. The summed E-state index contributed by atoms with van der Waals surface area (Å²) in [5.41, 5.74) is 0.537. The van der Waals surface area contributed by atoms with Gasteiger partial charge < -0.3 is 0 Å². The minimum absolute atomic E-state index is 0.213. The van der Waals surface area contributed by atoms with E-state index < -0.39 is 0 Å². The van der Waals surface area contributed by atoms with Crippen LogP contribution >= 0.6 is 0 Å². The van der Waals surface area contributed by atoms with Crippen molar-refractivity contribution in [3.05, 3.63) is 24.4 Å². The third-order valence-corrected chi connectivity index (χ3v) is 0.965. The molecule has 0 saturated heterocycles. The number of hydrogen-bond acceptors (Lipinski definition) is 2. The van der Waals surface area contributed by atoms with Gasteiger partial charge in [0.25, 0.3) is 5.91 Å². The Kier molecular flexibility index (Phi) is 0.917. The molecule has 0 aromatic heterocycles. The van der Waals surface area contributed by atoms with Crippen molar-refractivity contribution < 1.29 is 4.79 Å². The molecule has 1 heterocycles. The fraction of sp³-hybridized carbons (Fsp3) is 0. The van der Waals surface area contributed by atoms with Crippen LogP contribution in [0.25, 0.3) is 0 Å². The van der Waals surface area contributed by atoms with Crippen molar-refractivity contribution in [2.24, 2.45) is 5.84 Å². The van der Waals surface area contributed by atoms with Gasteiger partial charge in [0, 0.05) is 6.08 Å². The Hall–Kier alpha value is -1.09. The van der Waals surface area contributed by atoms with Crippen LogP contribution in [0.3, 0.4) is 0 Å². The first-order valence-corrected chi connectivity index (χ1v) is 2.17. The highest BCUT2D eigenvalue weighted by Crippen LogP contribution is 2.05. The lowest BCUT2D eigenvalue weighted by atomic mass is 10.5. The number of nitrogens with two attached hydrogens (primary N) is 1. The van der Waals surface area contributed by atoms with Gasteiger partial charge in [-0.05, 0) is 6.08 Å². The van der Waals surface area contributed by atoms with Crippen molar-refractivity contribution in [1.82, 2.24) is 5.01 Å². The monoisotopic (exact) mass is 110 g/mol. The Balaban J connectivity index is 2.84. The molecule has 1 rings (SSSR count). The Morgan fingerprint density at radius 1 is 1.62 bits per heavy atom. The van der Waals surface area contributed by atoms with Gasteiger partial charge in [-0.2, -0.15) is 0 Å². The van der Waals surface area contributed by atoms with Crippen molar-refractivity contribution in [2.75, 3.05) is 0 Å². The van der Waals surface area contributed by atoms with E-state index in [9.17, 15) is 4.79 Å². The summed E-state index contributed by atoms with van der Waals surface area (Å²) in [6.07, 6.45) is 2.95. The van der Waals surface area contributed by atoms with E-state index in [2.05, 4.69) is 6.58 Å². The van der Waals surface area contributed by atoms with Crippen LogP contribution in [0.15, 0.2) is 24.4 Å². The van der Waals surface area contributed by atoms with Gasteiger partial charge in [0.2, 0.25) is 0 Å². The summed E-state index contributed by atoms with van der Waals surface area (Å²) in [6.45, 7) is 3.48. The van der Waals surface area contributed by atoms with Crippen LogP contribution in [0.1, 0.15) is 0 Å². The summed E-state index contributed by atoms with van der Waals surface area (Å²) in [6, 6.07) is 0. The lowest BCUT2D eigenvalue weighted by Crippen LogP contribution is -2.30. The standard InChI is InChI=1S/C5H6N2O/c1-4-2-3-5(8)7(4)6/h2-3H,1,6H2. The van der Waals surface area contributed by atoms with E-state index in [1.165, 1.54) is 6.08 Å². The highest BCUT2D eigenvalue weighted by molar-refractivity contribution is 5.92. The number of amides is 1. The smallest absolute Gasteiger partial charge is 0.265 e. The normalized spacial score (nSPS) is 18.4. The van der Waals surface area contributed by atoms with Gasteiger partial charge in [0.15, 0.2) is 0 Å². The molecule has 3 heteroatoms. The van der Waals surface area contributed by atoms with Gasteiger partial charge in [-0.15, -0.1) is 0 Å². The molecular formula is C5H6N2O. The molecule has 1 aliphatic heterocycles. The van der Waals surface area contributed by atoms with Crippen LogP contribution in [0, 0.1) is 0 Å². The number of rotatable bonds is 0. The summed E-state index contributed by atoms with van der Waals surface area (Å²) < 4.78 is 0. The number of hydrazine groups is 1. The van der Waals surface area contributed by atoms with Crippen LogP contribution < -0.4 is 5.84 Å². The molecule has 3 nitrogen and oxygen atoms in total. The van der Waals surface area contributed by atoms with E-state index in [1.54, 1.807) is 6.08 Å².